The normalized spacial score (nSPS) is 12.5. The predicted molar refractivity (Wildman–Crippen MR) is 92.1 cm³/mol. The molecule has 1 atom stereocenters. The van der Waals surface area contributed by atoms with Crippen molar-refractivity contribution in [2.24, 2.45) is 5.73 Å². The Hall–Kier alpha value is -1.32. The Morgan fingerprint density at radius 3 is 2.00 bits per heavy atom. The van der Waals surface area contributed by atoms with Crippen LogP contribution < -0.4 is 10.5 Å². The predicted octanol–water partition coefficient (Wildman–Crippen LogP) is 5.69. The zero-order valence-electron chi connectivity index (χ0n) is 13.0. The highest BCUT2D eigenvalue weighted by molar-refractivity contribution is 9.10. The van der Waals surface area contributed by atoms with Gasteiger partial charge in [0.15, 0.2) is 0 Å². The first kappa shape index (κ1) is 16.1. The lowest BCUT2D eigenvalue weighted by atomic mass is 9.98. The maximum Gasteiger partial charge on any atom is 0.128 e. The van der Waals surface area contributed by atoms with Crippen molar-refractivity contribution in [1.82, 2.24) is 0 Å². The van der Waals surface area contributed by atoms with E-state index in [-0.39, 0.29) is 6.04 Å². The molecule has 0 aromatic heterocycles. The summed E-state index contributed by atoms with van der Waals surface area (Å²) in [6, 6.07) is 12.2. The molecule has 2 aromatic carbocycles. The molecule has 0 aliphatic heterocycles. The molecule has 21 heavy (non-hydrogen) atoms. The third-order valence-corrected chi connectivity index (χ3v) is 4.25. The number of halogens is 1. The third kappa shape index (κ3) is 3.86. The van der Waals surface area contributed by atoms with E-state index < -0.39 is 0 Å². The van der Waals surface area contributed by atoms with Gasteiger partial charge in [-0.15, -0.1) is 0 Å². The lowest BCUT2D eigenvalue weighted by Gasteiger charge is -2.14. The molecule has 0 saturated carbocycles. The largest absolute Gasteiger partial charge is 0.457 e. The number of benzene rings is 2. The van der Waals surface area contributed by atoms with Crippen molar-refractivity contribution < 1.29 is 4.74 Å². The molecule has 3 heteroatoms. The van der Waals surface area contributed by atoms with Crippen LogP contribution in [0.3, 0.4) is 0 Å². The Bertz CT molecular complexity index is 580. The molecule has 0 fully saturated rings. The summed E-state index contributed by atoms with van der Waals surface area (Å²) in [6.07, 6.45) is 0. The number of hydrogen-bond acceptors (Lipinski definition) is 2. The second kappa shape index (κ2) is 6.63. The van der Waals surface area contributed by atoms with Crippen molar-refractivity contribution in [3.8, 4) is 11.5 Å². The molecule has 2 rings (SSSR count). The number of rotatable bonds is 4. The van der Waals surface area contributed by atoms with Gasteiger partial charge in [0, 0.05) is 10.5 Å². The van der Waals surface area contributed by atoms with Crippen molar-refractivity contribution in [3.63, 3.8) is 0 Å². The summed E-state index contributed by atoms with van der Waals surface area (Å²) in [5.74, 6) is 2.19. The van der Waals surface area contributed by atoms with E-state index in [0.29, 0.717) is 5.92 Å². The van der Waals surface area contributed by atoms with E-state index in [4.69, 9.17) is 10.5 Å². The fourth-order valence-corrected chi connectivity index (χ4v) is 3.16. The van der Waals surface area contributed by atoms with Gasteiger partial charge in [0.05, 0.1) is 0 Å². The van der Waals surface area contributed by atoms with Gasteiger partial charge in [-0.2, -0.15) is 0 Å². The molecule has 0 unspecified atom stereocenters. The molecule has 0 heterocycles. The lowest BCUT2D eigenvalue weighted by Crippen LogP contribution is -2.05. The van der Waals surface area contributed by atoms with E-state index in [1.54, 1.807) is 0 Å². The quantitative estimate of drug-likeness (QED) is 0.770. The van der Waals surface area contributed by atoms with Crippen LogP contribution >= 0.6 is 15.9 Å². The Kier molecular flexibility index (Phi) is 5.07. The van der Waals surface area contributed by atoms with Crippen LogP contribution in [-0.2, 0) is 0 Å². The van der Waals surface area contributed by atoms with Crippen LogP contribution in [0.25, 0.3) is 0 Å². The molecular formula is C18H22BrNO. The van der Waals surface area contributed by atoms with Crippen molar-refractivity contribution >= 4 is 15.9 Å². The second-order valence-corrected chi connectivity index (χ2v) is 6.60. The molecule has 0 amide bonds. The summed E-state index contributed by atoms with van der Waals surface area (Å²) in [7, 11) is 0. The smallest absolute Gasteiger partial charge is 0.128 e. The molecule has 0 aliphatic carbocycles. The highest BCUT2D eigenvalue weighted by atomic mass is 79.9. The summed E-state index contributed by atoms with van der Waals surface area (Å²) in [6.45, 7) is 8.49. The van der Waals surface area contributed by atoms with Crippen LogP contribution in [0.15, 0.2) is 40.9 Å². The molecule has 0 spiro atoms. The first-order valence-corrected chi connectivity index (χ1v) is 8.01. The number of ether oxygens (including phenoxy) is 1. The van der Waals surface area contributed by atoms with Crippen molar-refractivity contribution in [2.75, 3.05) is 0 Å². The van der Waals surface area contributed by atoms with Gasteiger partial charge in [-0.3, -0.25) is 0 Å². The van der Waals surface area contributed by atoms with E-state index in [9.17, 15) is 0 Å². The topological polar surface area (TPSA) is 35.2 Å². The average molecular weight is 348 g/mol. The molecule has 112 valence electrons. The van der Waals surface area contributed by atoms with Crippen LogP contribution in [0, 0.1) is 6.92 Å². The average Bonchev–Trinajstić information content (AvgIpc) is 2.37. The molecule has 0 aliphatic rings. The molecule has 0 bridgehead atoms. The van der Waals surface area contributed by atoms with Crippen molar-refractivity contribution in [2.45, 2.75) is 39.7 Å². The van der Waals surface area contributed by atoms with E-state index in [1.165, 1.54) is 11.1 Å². The summed E-state index contributed by atoms with van der Waals surface area (Å²) in [4.78, 5) is 0. The van der Waals surface area contributed by atoms with E-state index in [2.05, 4.69) is 48.8 Å². The molecule has 2 N–H and O–H groups in total. The monoisotopic (exact) mass is 347 g/mol. The number of aryl methyl sites for hydroxylation is 1. The molecule has 2 nitrogen and oxygen atoms in total. The van der Waals surface area contributed by atoms with Crippen LogP contribution in [0.4, 0.5) is 0 Å². The first-order chi connectivity index (χ1) is 9.88. The maximum atomic E-state index is 5.94. The van der Waals surface area contributed by atoms with Crippen molar-refractivity contribution in [1.29, 1.82) is 0 Å². The SMILES string of the molecule is Cc1cc(Oc2ccc([C@@H](C)N)c(Br)c2)ccc1C(C)C. The third-order valence-electron chi connectivity index (χ3n) is 3.56. The van der Waals surface area contributed by atoms with Gasteiger partial charge in [0.1, 0.15) is 11.5 Å². The summed E-state index contributed by atoms with van der Waals surface area (Å²) < 4.78 is 6.92. The van der Waals surface area contributed by atoms with Gasteiger partial charge >= 0.3 is 0 Å². The standard InChI is InChI=1S/C18H22BrNO/c1-11(2)16-7-5-14(9-12(16)3)21-15-6-8-17(13(4)20)18(19)10-15/h5-11,13H,20H2,1-4H3/t13-/m1/s1. The van der Waals surface area contributed by atoms with Crippen LogP contribution in [0.5, 0.6) is 11.5 Å². The Balaban J connectivity index is 2.22. The van der Waals surface area contributed by atoms with E-state index in [1.807, 2.05) is 31.2 Å². The highest BCUT2D eigenvalue weighted by Gasteiger charge is 2.08. The van der Waals surface area contributed by atoms with Crippen LogP contribution in [-0.4, -0.2) is 0 Å². The van der Waals surface area contributed by atoms with Gasteiger partial charge in [-0.05, 0) is 60.7 Å². The minimum absolute atomic E-state index is 0.000921. The van der Waals surface area contributed by atoms with Gasteiger partial charge in [0.25, 0.3) is 0 Å². The van der Waals surface area contributed by atoms with Gasteiger partial charge in [-0.1, -0.05) is 41.9 Å². The van der Waals surface area contributed by atoms with Gasteiger partial charge in [-0.25, -0.2) is 0 Å². The Morgan fingerprint density at radius 1 is 0.952 bits per heavy atom. The summed E-state index contributed by atoms with van der Waals surface area (Å²) in [5, 5.41) is 0. The van der Waals surface area contributed by atoms with Gasteiger partial charge in [0.2, 0.25) is 0 Å². The molecule has 0 radical (unpaired) electrons. The minimum atomic E-state index is 0.000921. The highest BCUT2D eigenvalue weighted by Crippen LogP contribution is 2.31. The summed E-state index contributed by atoms with van der Waals surface area (Å²) >= 11 is 3.55. The zero-order chi connectivity index (χ0) is 15.6. The molecule has 2 aromatic rings. The zero-order valence-corrected chi connectivity index (χ0v) is 14.6. The lowest BCUT2D eigenvalue weighted by molar-refractivity contribution is 0.481. The first-order valence-electron chi connectivity index (χ1n) is 7.22. The maximum absolute atomic E-state index is 5.94. The summed E-state index contributed by atoms with van der Waals surface area (Å²) in [5.41, 5.74) is 9.60. The number of nitrogens with two attached hydrogens (primary N) is 1. The van der Waals surface area contributed by atoms with Crippen molar-refractivity contribution in [3.05, 3.63) is 57.6 Å². The van der Waals surface area contributed by atoms with E-state index in [0.717, 1.165) is 21.5 Å². The Morgan fingerprint density at radius 2 is 1.52 bits per heavy atom. The fourth-order valence-electron chi connectivity index (χ4n) is 2.44. The van der Waals surface area contributed by atoms with Crippen LogP contribution in [0.1, 0.15) is 49.4 Å². The number of hydrogen-bond donors (Lipinski definition) is 1. The van der Waals surface area contributed by atoms with Crippen LogP contribution in [0.2, 0.25) is 0 Å². The van der Waals surface area contributed by atoms with E-state index >= 15 is 0 Å². The Labute approximate surface area is 135 Å². The van der Waals surface area contributed by atoms with Gasteiger partial charge < -0.3 is 10.5 Å². The molecular weight excluding hydrogens is 326 g/mol. The fraction of sp³-hybridized carbons (Fsp3) is 0.333. The second-order valence-electron chi connectivity index (χ2n) is 5.75. The minimum Gasteiger partial charge on any atom is -0.457 e. The molecule has 0 saturated heterocycles.